The Morgan fingerprint density at radius 3 is 2.62 bits per heavy atom. The second-order valence-electron chi connectivity index (χ2n) is 4.86. The number of carbonyl (C=O) groups excluding carboxylic acids is 1. The first-order valence-electron chi connectivity index (χ1n) is 6.44. The van der Waals surface area contributed by atoms with Crippen LogP contribution in [0.25, 0.3) is 11.0 Å². The summed E-state index contributed by atoms with van der Waals surface area (Å²) in [6.07, 6.45) is -1.01. The Bertz CT molecular complexity index is 762. The minimum Gasteiger partial charge on any atom is -0.479 e. The molecular weight excluding hydrogens is 278 g/mol. The summed E-state index contributed by atoms with van der Waals surface area (Å²) in [5, 5.41) is 11.5. The van der Waals surface area contributed by atoms with Gasteiger partial charge in [-0.15, -0.1) is 0 Å². The number of H-pyrrole nitrogens is 2. The lowest BCUT2D eigenvalue weighted by molar-refractivity contribution is -0.150. The lowest BCUT2D eigenvalue weighted by Crippen LogP contribution is -2.29. The van der Waals surface area contributed by atoms with Crippen molar-refractivity contribution >= 4 is 28.6 Å². The number of hydrogen-bond acceptors (Lipinski definition) is 4. The van der Waals surface area contributed by atoms with Crippen LogP contribution in [0.2, 0.25) is 0 Å². The van der Waals surface area contributed by atoms with Crippen LogP contribution in [-0.4, -0.2) is 39.2 Å². The van der Waals surface area contributed by atoms with Crippen molar-refractivity contribution in [1.82, 2.24) is 9.97 Å². The van der Waals surface area contributed by atoms with Crippen molar-refractivity contribution in [1.29, 1.82) is 0 Å². The van der Waals surface area contributed by atoms with Crippen LogP contribution in [0.3, 0.4) is 0 Å². The first-order valence-corrected chi connectivity index (χ1v) is 6.44. The maximum absolute atomic E-state index is 12.0. The SMILES string of the molecule is O=C(Nc1ccc2[nH]c(=O)[nH]c2c1)[C@@H]1CC[C@H](C(=O)O)O1. The van der Waals surface area contributed by atoms with E-state index >= 15 is 0 Å². The summed E-state index contributed by atoms with van der Waals surface area (Å²) in [5.41, 5.74) is 1.40. The largest absolute Gasteiger partial charge is 0.479 e. The average Bonchev–Trinajstić information content (AvgIpc) is 3.03. The molecule has 0 saturated carbocycles. The standard InChI is InChI=1S/C13H13N3O5/c17-11(9-3-4-10(21-9)12(18)19)14-6-1-2-7-8(5-6)16-13(20)15-7/h1-2,5,9-10H,3-4H2,(H,14,17)(H,18,19)(H2,15,16,20)/t9-,10+/m0/s1. The summed E-state index contributed by atoms with van der Waals surface area (Å²) in [5.74, 6) is -1.45. The Hall–Kier alpha value is -2.61. The van der Waals surface area contributed by atoms with Crippen molar-refractivity contribution in [2.24, 2.45) is 0 Å². The third-order valence-corrected chi connectivity index (χ3v) is 3.37. The number of anilines is 1. The van der Waals surface area contributed by atoms with Gasteiger partial charge in [0.2, 0.25) is 0 Å². The lowest BCUT2D eigenvalue weighted by Gasteiger charge is -2.11. The predicted octanol–water partition coefficient (Wildman–Crippen LogP) is 0.427. The number of carboxylic acid groups (broad SMARTS) is 1. The molecule has 0 unspecified atom stereocenters. The second kappa shape index (κ2) is 5.06. The van der Waals surface area contributed by atoms with Crippen molar-refractivity contribution in [2.75, 3.05) is 5.32 Å². The average molecular weight is 291 g/mol. The number of imidazole rings is 1. The number of amides is 1. The molecule has 1 saturated heterocycles. The quantitative estimate of drug-likeness (QED) is 0.652. The van der Waals surface area contributed by atoms with E-state index < -0.39 is 24.1 Å². The number of nitrogens with one attached hydrogen (secondary N) is 3. The fraction of sp³-hybridized carbons (Fsp3) is 0.308. The van der Waals surface area contributed by atoms with Crippen molar-refractivity contribution in [2.45, 2.75) is 25.0 Å². The molecule has 2 heterocycles. The first-order chi connectivity index (χ1) is 10.0. The third-order valence-electron chi connectivity index (χ3n) is 3.37. The third kappa shape index (κ3) is 2.65. The zero-order valence-corrected chi connectivity index (χ0v) is 10.9. The van der Waals surface area contributed by atoms with Crippen LogP contribution in [-0.2, 0) is 14.3 Å². The molecule has 0 spiro atoms. The van der Waals surface area contributed by atoms with Crippen LogP contribution in [0.4, 0.5) is 5.69 Å². The number of aliphatic carboxylic acids is 1. The van der Waals surface area contributed by atoms with Gasteiger partial charge < -0.3 is 25.1 Å². The number of ether oxygens (including phenoxy) is 1. The van der Waals surface area contributed by atoms with Crippen LogP contribution in [0.1, 0.15) is 12.8 Å². The van der Waals surface area contributed by atoms with E-state index in [1.54, 1.807) is 18.2 Å². The van der Waals surface area contributed by atoms with E-state index in [1.165, 1.54) is 0 Å². The fourth-order valence-corrected chi connectivity index (χ4v) is 2.34. The van der Waals surface area contributed by atoms with E-state index in [9.17, 15) is 14.4 Å². The van der Waals surface area contributed by atoms with Crippen LogP contribution in [0, 0.1) is 0 Å². The summed E-state index contributed by atoms with van der Waals surface area (Å²) in [4.78, 5) is 39.1. The summed E-state index contributed by atoms with van der Waals surface area (Å²) in [7, 11) is 0. The minimum atomic E-state index is -1.06. The van der Waals surface area contributed by atoms with E-state index in [1.807, 2.05) is 0 Å². The molecule has 8 heteroatoms. The van der Waals surface area contributed by atoms with E-state index in [4.69, 9.17) is 9.84 Å². The molecule has 1 aromatic heterocycles. The zero-order chi connectivity index (χ0) is 15.0. The van der Waals surface area contributed by atoms with E-state index in [0.717, 1.165) is 0 Å². The molecule has 1 amide bonds. The van der Waals surface area contributed by atoms with Gasteiger partial charge in [-0.2, -0.15) is 0 Å². The van der Waals surface area contributed by atoms with Gasteiger partial charge in [0, 0.05) is 5.69 Å². The number of hydrogen-bond donors (Lipinski definition) is 4. The topological polar surface area (TPSA) is 124 Å². The normalized spacial score (nSPS) is 21.5. The fourth-order valence-electron chi connectivity index (χ4n) is 2.34. The smallest absolute Gasteiger partial charge is 0.332 e. The number of benzene rings is 1. The maximum Gasteiger partial charge on any atom is 0.332 e. The highest BCUT2D eigenvalue weighted by Crippen LogP contribution is 2.22. The lowest BCUT2D eigenvalue weighted by atomic mass is 10.2. The molecule has 1 fully saturated rings. The number of rotatable bonds is 3. The van der Waals surface area contributed by atoms with Gasteiger partial charge in [0.15, 0.2) is 6.10 Å². The van der Waals surface area contributed by atoms with Crippen LogP contribution in [0.15, 0.2) is 23.0 Å². The van der Waals surface area contributed by atoms with Gasteiger partial charge in [-0.25, -0.2) is 9.59 Å². The van der Waals surface area contributed by atoms with Gasteiger partial charge in [-0.05, 0) is 31.0 Å². The van der Waals surface area contributed by atoms with Gasteiger partial charge in [0.25, 0.3) is 5.91 Å². The summed E-state index contributed by atoms with van der Waals surface area (Å²) >= 11 is 0. The predicted molar refractivity (Wildman–Crippen MR) is 73.1 cm³/mol. The molecule has 110 valence electrons. The summed E-state index contributed by atoms with van der Waals surface area (Å²) in [6, 6.07) is 4.93. The van der Waals surface area contributed by atoms with Gasteiger partial charge >= 0.3 is 11.7 Å². The second-order valence-corrected chi connectivity index (χ2v) is 4.86. The highest BCUT2D eigenvalue weighted by Gasteiger charge is 2.34. The number of carbonyl (C=O) groups is 2. The molecule has 2 atom stereocenters. The molecule has 1 aromatic carbocycles. The van der Waals surface area contributed by atoms with E-state index in [0.29, 0.717) is 29.6 Å². The summed E-state index contributed by atoms with van der Waals surface area (Å²) < 4.78 is 5.17. The van der Waals surface area contributed by atoms with Crippen LogP contribution < -0.4 is 11.0 Å². The molecular formula is C13H13N3O5. The molecule has 8 nitrogen and oxygen atoms in total. The van der Waals surface area contributed by atoms with Crippen molar-refractivity contribution < 1.29 is 19.4 Å². The van der Waals surface area contributed by atoms with Crippen molar-refractivity contribution in [3.05, 3.63) is 28.7 Å². The van der Waals surface area contributed by atoms with Crippen LogP contribution >= 0.6 is 0 Å². The molecule has 1 aliphatic heterocycles. The van der Waals surface area contributed by atoms with Crippen LogP contribution in [0.5, 0.6) is 0 Å². The number of carboxylic acids is 1. The number of aromatic nitrogens is 2. The van der Waals surface area contributed by atoms with Crippen molar-refractivity contribution in [3.8, 4) is 0 Å². The summed E-state index contributed by atoms with van der Waals surface area (Å²) in [6.45, 7) is 0. The van der Waals surface area contributed by atoms with Crippen molar-refractivity contribution in [3.63, 3.8) is 0 Å². The molecule has 2 aromatic rings. The molecule has 4 N–H and O–H groups in total. The Morgan fingerprint density at radius 1 is 1.19 bits per heavy atom. The van der Waals surface area contributed by atoms with Gasteiger partial charge in [-0.1, -0.05) is 0 Å². The van der Waals surface area contributed by atoms with Gasteiger partial charge in [0.05, 0.1) is 11.0 Å². The number of aromatic amines is 2. The molecule has 3 rings (SSSR count). The zero-order valence-electron chi connectivity index (χ0n) is 10.9. The Kier molecular flexibility index (Phi) is 3.22. The molecule has 1 aliphatic rings. The van der Waals surface area contributed by atoms with E-state index in [2.05, 4.69) is 15.3 Å². The first kappa shape index (κ1) is 13.4. The van der Waals surface area contributed by atoms with Gasteiger partial charge in [-0.3, -0.25) is 4.79 Å². The van der Waals surface area contributed by atoms with Gasteiger partial charge in [0.1, 0.15) is 6.10 Å². The molecule has 21 heavy (non-hydrogen) atoms. The highest BCUT2D eigenvalue weighted by atomic mass is 16.5. The highest BCUT2D eigenvalue weighted by molar-refractivity contribution is 5.96. The Labute approximate surface area is 118 Å². The molecule has 0 aliphatic carbocycles. The number of fused-ring (bicyclic) bond motifs is 1. The minimum absolute atomic E-state index is 0.317. The molecule has 0 bridgehead atoms. The van der Waals surface area contributed by atoms with E-state index in [-0.39, 0.29) is 5.69 Å². The molecule has 0 radical (unpaired) electrons. The monoisotopic (exact) mass is 291 g/mol. The maximum atomic E-state index is 12.0. The Balaban J connectivity index is 1.71. The Morgan fingerprint density at radius 2 is 1.90 bits per heavy atom.